The Kier molecular flexibility index (Phi) is 5.57. The molecule has 2 unspecified atom stereocenters. The van der Waals surface area contributed by atoms with E-state index in [1.165, 1.54) is 5.56 Å². The lowest BCUT2D eigenvalue weighted by molar-refractivity contribution is 0.409. The highest BCUT2D eigenvalue weighted by atomic mass is 79.9. The first-order chi connectivity index (χ1) is 9.48. The van der Waals surface area contributed by atoms with Gasteiger partial charge in [-0.1, -0.05) is 6.92 Å². The lowest BCUT2D eigenvalue weighted by Gasteiger charge is -2.21. The van der Waals surface area contributed by atoms with Crippen molar-refractivity contribution in [3.05, 3.63) is 28.5 Å². The van der Waals surface area contributed by atoms with Crippen LogP contribution in [-0.4, -0.2) is 37.5 Å². The van der Waals surface area contributed by atoms with Gasteiger partial charge in [0.25, 0.3) is 0 Å². The molecule has 0 aromatic carbocycles. The number of aromatic nitrogens is 1. The van der Waals surface area contributed by atoms with E-state index in [0.717, 1.165) is 30.3 Å². The largest absolute Gasteiger partial charge is 0.314 e. The molecule has 1 fully saturated rings. The first kappa shape index (κ1) is 15.9. The molecule has 20 heavy (non-hydrogen) atoms. The number of sulfone groups is 1. The van der Waals surface area contributed by atoms with Crippen LogP contribution in [0.15, 0.2) is 22.9 Å². The van der Waals surface area contributed by atoms with Crippen molar-refractivity contribution in [3.8, 4) is 0 Å². The van der Waals surface area contributed by atoms with Gasteiger partial charge in [-0.25, -0.2) is 8.42 Å². The van der Waals surface area contributed by atoms with E-state index in [4.69, 9.17) is 0 Å². The van der Waals surface area contributed by atoms with Crippen molar-refractivity contribution in [3.63, 3.8) is 0 Å². The highest BCUT2D eigenvalue weighted by Gasteiger charge is 2.29. The summed E-state index contributed by atoms with van der Waals surface area (Å²) in [6.07, 6.45) is 6.26. The average Bonchev–Trinajstić information content (AvgIpc) is 2.69. The summed E-state index contributed by atoms with van der Waals surface area (Å²) >= 11 is 3.43. The normalized spacial score (nSPS) is 22.8. The molecule has 1 saturated heterocycles. The van der Waals surface area contributed by atoms with Crippen LogP contribution in [0.4, 0.5) is 0 Å². The summed E-state index contributed by atoms with van der Waals surface area (Å²) in [7, 11) is -2.78. The van der Waals surface area contributed by atoms with Crippen LogP contribution >= 0.6 is 15.9 Å². The number of nitrogens with one attached hydrogen (secondary N) is 1. The molecule has 0 saturated carbocycles. The highest BCUT2D eigenvalue weighted by molar-refractivity contribution is 9.10. The van der Waals surface area contributed by atoms with Crippen LogP contribution in [0.25, 0.3) is 0 Å². The summed E-state index contributed by atoms with van der Waals surface area (Å²) in [6, 6.07) is 2.39. The van der Waals surface area contributed by atoms with Gasteiger partial charge in [0.15, 0.2) is 9.84 Å². The molecule has 2 atom stereocenters. The van der Waals surface area contributed by atoms with E-state index < -0.39 is 9.84 Å². The second-order valence-electron chi connectivity index (χ2n) is 5.47. The maximum atomic E-state index is 11.5. The van der Waals surface area contributed by atoms with Gasteiger partial charge < -0.3 is 5.32 Å². The first-order valence-corrected chi connectivity index (χ1v) is 9.63. The van der Waals surface area contributed by atoms with Crippen LogP contribution in [0, 0.1) is 5.92 Å². The van der Waals surface area contributed by atoms with Gasteiger partial charge in [-0.3, -0.25) is 4.98 Å². The molecule has 2 rings (SSSR count). The average molecular weight is 361 g/mol. The number of halogens is 1. The molecule has 1 aromatic rings. The number of pyridine rings is 1. The predicted molar refractivity (Wildman–Crippen MR) is 84.5 cm³/mol. The van der Waals surface area contributed by atoms with Crippen molar-refractivity contribution in [1.82, 2.24) is 10.3 Å². The fraction of sp³-hybridized carbons (Fsp3) is 0.643. The zero-order valence-corrected chi connectivity index (χ0v) is 14.1. The summed E-state index contributed by atoms with van der Waals surface area (Å²) in [5.74, 6) is 1.00. The second kappa shape index (κ2) is 7.00. The molecule has 2 heterocycles. The number of likely N-dealkylation sites (N-methyl/N-ethyl adjacent to an activating group) is 1. The second-order valence-corrected chi connectivity index (χ2v) is 8.62. The number of hydrogen-bond acceptors (Lipinski definition) is 4. The van der Waals surface area contributed by atoms with Gasteiger partial charge in [-0.2, -0.15) is 0 Å². The summed E-state index contributed by atoms with van der Waals surface area (Å²) in [4.78, 5) is 4.18. The van der Waals surface area contributed by atoms with E-state index in [9.17, 15) is 8.42 Å². The summed E-state index contributed by atoms with van der Waals surface area (Å²) < 4.78 is 24.1. The number of nitrogens with zero attached hydrogens (tertiary/aromatic N) is 1. The third kappa shape index (κ3) is 4.82. The van der Waals surface area contributed by atoms with Gasteiger partial charge in [0, 0.05) is 22.9 Å². The molecule has 1 N–H and O–H groups in total. The van der Waals surface area contributed by atoms with Crippen molar-refractivity contribution < 1.29 is 8.42 Å². The zero-order valence-electron chi connectivity index (χ0n) is 11.7. The van der Waals surface area contributed by atoms with Gasteiger partial charge in [-0.05, 0) is 59.3 Å². The van der Waals surface area contributed by atoms with Crippen molar-refractivity contribution in [2.45, 2.75) is 32.2 Å². The Balaban J connectivity index is 1.97. The van der Waals surface area contributed by atoms with Crippen LogP contribution in [0.5, 0.6) is 0 Å². The lowest BCUT2D eigenvalue weighted by atomic mass is 9.95. The summed E-state index contributed by atoms with van der Waals surface area (Å²) in [5, 5.41) is 3.47. The minimum Gasteiger partial charge on any atom is -0.314 e. The standard InChI is InChI=1S/C14H21BrN2O2S/c1-2-17-14(6-11-3-4-20(18,19)10-11)7-12-5-13(15)9-16-8-12/h5,8-9,11,14,17H,2-4,6-7,10H2,1H3. The fourth-order valence-electron chi connectivity index (χ4n) is 2.84. The van der Waals surface area contributed by atoms with Crippen LogP contribution in [-0.2, 0) is 16.3 Å². The molecule has 0 spiro atoms. The van der Waals surface area contributed by atoms with E-state index >= 15 is 0 Å². The predicted octanol–water partition coefficient (Wildman–Crippen LogP) is 2.19. The van der Waals surface area contributed by atoms with Gasteiger partial charge in [0.2, 0.25) is 0 Å². The molecule has 1 aliphatic heterocycles. The van der Waals surface area contributed by atoms with Gasteiger partial charge in [0.1, 0.15) is 0 Å². The molecule has 112 valence electrons. The zero-order chi connectivity index (χ0) is 14.6. The smallest absolute Gasteiger partial charge is 0.150 e. The minimum atomic E-state index is -2.78. The van der Waals surface area contributed by atoms with Crippen molar-refractivity contribution >= 4 is 25.8 Å². The van der Waals surface area contributed by atoms with Crippen molar-refractivity contribution in [1.29, 1.82) is 0 Å². The maximum Gasteiger partial charge on any atom is 0.150 e. The molecule has 0 amide bonds. The first-order valence-electron chi connectivity index (χ1n) is 7.01. The Hall–Kier alpha value is -0.460. The molecular weight excluding hydrogens is 340 g/mol. The summed E-state index contributed by atoms with van der Waals surface area (Å²) in [5.41, 5.74) is 1.17. The Labute approximate surface area is 129 Å². The topological polar surface area (TPSA) is 59.1 Å². The molecule has 6 heteroatoms. The molecule has 0 bridgehead atoms. The number of hydrogen-bond donors (Lipinski definition) is 1. The van der Waals surface area contributed by atoms with E-state index in [2.05, 4.69) is 39.2 Å². The Morgan fingerprint density at radius 1 is 1.50 bits per heavy atom. The monoisotopic (exact) mass is 360 g/mol. The van der Waals surface area contributed by atoms with E-state index in [-0.39, 0.29) is 0 Å². The third-order valence-electron chi connectivity index (χ3n) is 3.68. The molecule has 1 aliphatic rings. The minimum absolute atomic E-state index is 0.296. The van der Waals surface area contributed by atoms with Gasteiger partial charge >= 0.3 is 0 Å². The van der Waals surface area contributed by atoms with E-state index in [0.29, 0.717) is 23.5 Å². The molecular formula is C14H21BrN2O2S. The molecule has 1 aromatic heterocycles. The Morgan fingerprint density at radius 2 is 2.30 bits per heavy atom. The third-order valence-corrected chi connectivity index (χ3v) is 5.95. The molecule has 4 nitrogen and oxygen atoms in total. The lowest BCUT2D eigenvalue weighted by Crippen LogP contribution is -2.33. The Bertz CT molecular complexity index is 548. The molecule has 0 aliphatic carbocycles. The Morgan fingerprint density at radius 3 is 2.90 bits per heavy atom. The fourth-order valence-corrected chi connectivity index (χ4v) is 5.13. The van der Waals surface area contributed by atoms with Crippen LogP contribution in [0.3, 0.4) is 0 Å². The highest BCUT2D eigenvalue weighted by Crippen LogP contribution is 2.24. The van der Waals surface area contributed by atoms with Crippen LogP contribution in [0.1, 0.15) is 25.3 Å². The van der Waals surface area contributed by atoms with E-state index in [1.807, 2.05) is 6.20 Å². The van der Waals surface area contributed by atoms with Gasteiger partial charge in [-0.15, -0.1) is 0 Å². The quantitative estimate of drug-likeness (QED) is 0.844. The van der Waals surface area contributed by atoms with Crippen LogP contribution < -0.4 is 5.32 Å². The van der Waals surface area contributed by atoms with Gasteiger partial charge in [0.05, 0.1) is 11.5 Å². The molecule has 0 radical (unpaired) electrons. The van der Waals surface area contributed by atoms with Crippen molar-refractivity contribution in [2.24, 2.45) is 5.92 Å². The SMILES string of the molecule is CCNC(Cc1cncc(Br)c1)CC1CCS(=O)(=O)C1. The van der Waals surface area contributed by atoms with Crippen molar-refractivity contribution in [2.75, 3.05) is 18.1 Å². The maximum absolute atomic E-state index is 11.5. The van der Waals surface area contributed by atoms with Crippen LogP contribution in [0.2, 0.25) is 0 Å². The van der Waals surface area contributed by atoms with E-state index in [1.54, 1.807) is 6.20 Å². The number of rotatable bonds is 6. The summed E-state index contributed by atoms with van der Waals surface area (Å²) in [6.45, 7) is 2.98.